The molecule has 1 atom stereocenters. The van der Waals surface area contributed by atoms with E-state index >= 15 is 0 Å². The first-order valence-corrected chi connectivity index (χ1v) is 7.04. The number of rotatable bonds is 4. The smallest absolute Gasteiger partial charge is 0.224 e. The van der Waals surface area contributed by atoms with Crippen LogP contribution in [0.15, 0.2) is 18.2 Å². The van der Waals surface area contributed by atoms with Gasteiger partial charge in [0.1, 0.15) is 5.75 Å². The summed E-state index contributed by atoms with van der Waals surface area (Å²) in [6, 6.07) is 5.12. The molecule has 2 rings (SSSR count). The number of carbonyl (C=O) groups is 1. The number of phenols is 1. The average molecular weight is 283 g/mol. The van der Waals surface area contributed by atoms with Gasteiger partial charge in [-0.2, -0.15) is 0 Å². The summed E-state index contributed by atoms with van der Waals surface area (Å²) < 4.78 is 0. The molecular weight excluding hydrogens is 264 g/mol. The lowest BCUT2D eigenvalue weighted by atomic mass is 10.0. The lowest BCUT2D eigenvalue weighted by molar-refractivity contribution is -0.116. The molecule has 1 aromatic rings. The van der Waals surface area contributed by atoms with Crippen molar-refractivity contribution < 1.29 is 9.90 Å². The van der Waals surface area contributed by atoms with E-state index in [9.17, 15) is 9.90 Å². The number of hydrogen-bond donors (Lipinski definition) is 3. The zero-order chi connectivity index (χ0) is 13.7. The molecule has 19 heavy (non-hydrogen) atoms. The number of phenolic OH excluding ortho intramolecular Hbond substituents is 1. The van der Waals surface area contributed by atoms with Crippen LogP contribution in [0.2, 0.25) is 5.02 Å². The molecule has 1 unspecified atom stereocenters. The lowest BCUT2D eigenvalue weighted by Crippen LogP contribution is -2.34. The van der Waals surface area contributed by atoms with E-state index in [1.54, 1.807) is 12.1 Å². The van der Waals surface area contributed by atoms with E-state index in [0.29, 0.717) is 18.2 Å². The van der Waals surface area contributed by atoms with Crippen molar-refractivity contribution in [1.82, 2.24) is 5.32 Å². The van der Waals surface area contributed by atoms with Gasteiger partial charge in [-0.15, -0.1) is 0 Å². The van der Waals surface area contributed by atoms with Gasteiger partial charge in [0.05, 0.1) is 5.02 Å². The minimum atomic E-state index is -0.0193. The van der Waals surface area contributed by atoms with Crippen molar-refractivity contribution in [3.8, 4) is 5.75 Å². The standard InChI is InChI=1S/C14H19ClN2O2/c15-12-9-11(4-6-13(12)18)17-14(19)7-5-10-3-1-2-8-16-10/h4,6,9-10,16,18H,1-3,5,7-8H2,(H,17,19). The summed E-state index contributed by atoms with van der Waals surface area (Å²) in [6.45, 7) is 1.06. The summed E-state index contributed by atoms with van der Waals surface area (Å²) in [5.41, 5.74) is 0.615. The van der Waals surface area contributed by atoms with Crippen molar-refractivity contribution in [2.75, 3.05) is 11.9 Å². The summed E-state index contributed by atoms with van der Waals surface area (Å²) in [5, 5.41) is 15.7. The second-order valence-corrected chi connectivity index (χ2v) is 5.31. The van der Waals surface area contributed by atoms with E-state index in [4.69, 9.17) is 11.6 Å². The Labute approximate surface area is 118 Å². The maximum absolute atomic E-state index is 11.8. The molecule has 1 heterocycles. The predicted octanol–water partition coefficient (Wildman–Crippen LogP) is 2.91. The van der Waals surface area contributed by atoms with Crippen LogP contribution < -0.4 is 10.6 Å². The molecule has 1 fully saturated rings. The van der Waals surface area contributed by atoms with Gasteiger partial charge in [-0.1, -0.05) is 18.0 Å². The van der Waals surface area contributed by atoms with Crippen LogP contribution in [0.25, 0.3) is 0 Å². The topological polar surface area (TPSA) is 61.4 Å². The zero-order valence-electron chi connectivity index (χ0n) is 10.8. The Kier molecular flexibility index (Phi) is 5.05. The molecule has 0 radical (unpaired) electrons. The first-order chi connectivity index (χ1) is 9.15. The third-order valence-electron chi connectivity index (χ3n) is 3.36. The minimum absolute atomic E-state index is 0.0193. The fourth-order valence-corrected chi connectivity index (χ4v) is 2.46. The quantitative estimate of drug-likeness (QED) is 0.744. The molecule has 0 aromatic heterocycles. The van der Waals surface area contributed by atoms with E-state index in [0.717, 1.165) is 19.4 Å². The first kappa shape index (κ1) is 14.2. The number of carbonyl (C=O) groups excluding carboxylic acids is 1. The van der Waals surface area contributed by atoms with Crippen molar-refractivity contribution in [1.29, 1.82) is 0 Å². The summed E-state index contributed by atoms with van der Waals surface area (Å²) in [5.74, 6) is 0.000186. The Balaban J connectivity index is 1.78. The van der Waals surface area contributed by atoms with Crippen LogP contribution in [0.4, 0.5) is 5.69 Å². The molecule has 1 aliphatic rings. The third kappa shape index (κ3) is 4.40. The average Bonchev–Trinajstić information content (AvgIpc) is 2.42. The van der Waals surface area contributed by atoms with Gasteiger partial charge in [-0.05, 0) is 44.0 Å². The van der Waals surface area contributed by atoms with E-state index in [1.807, 2.05) is 0 Å². The van der Waals surface area contributed by atoms with Gasteiger partial charge in [-0.3, -0.25) is 4.79 Å². The second-order valence-electron chi connectivity index (χ2n) is 4.90. The highest BCUT2D eigenvalue weighted by Gasteiger charge is 2.14. The van der Waals surface area contributed by atoms with Crippen LogP contribution in [0, 0.1) is 0 Å². The van der Waals surface area contributed by atoms with Crippen molar-refractivity contribution in [2.24, 2.45) is 0 Å². The van der Waals surface area contributed by atoms with Gasteiger partial charge in [0.25, 0.3) is 0 Å². The molecule has 0 bridgehead atoms. The number of piperidine rings is 1. The third-order valence-corrected chi connectivity index (χ3v) is 3.67. The SMILES string of the molecule is O=C(CCC1CCCCN1)Nc1ccc(O)c(Cl)c1. The van der Waals surface area contributed by atoms with Gasteiger partial charge >= 0.3 is 0 Å². The van der Waals surface area contributed by atoms with E-state index in [-0.39, 0.29) is 16.7 Å². The maximum Gasteiger partial charge on any atom is 0.224 e. The van der Waals surface area contributed by atoms with E-state index < -0.39 is 0 Å². The molecule has 0 aliphatic carbocycles. The highest BCUT2D eigenvalue weighted by Crippen LogP contribution is 2.26. The molecule has 3 N–H and O–H groups in total. The number of benzene rings is 1. The van der Waals surface area contributed by atoms with Crippen molar-refractivity contribution >= 4 is 23.2 Å². The van der Waals surface area contributed by atoms with Crippen LogP contribution in [0.1, 0.15) is 32.1 Å². The molecule has 4 nitrogen and oxygen atoms in total. The van der Waals surface area contributed by atoms with Crippen molar-refractivity contribution in [3.63, 3.8) is 0 Å². The first-order valence-electron chi connectivity index (χ1n) is 6.67. The number of halogens is 1. The predicted molar refractivity (Wildman–Crippen MR) is 76.6 cm³/mol. The summed E-state index contributed by atoms with van der Waals surface area (Å²) in [6.07, 6.45) is 4.98. The van der Waals surface area contributed by atoms with Crippen LogP contribution in [0.3, 0.4) is 0 Å². The fraction of sp³-hybridized carbons (Fsp3) is 0.500. The second kappa shape index (κ2) is 6.78. The largest absolute Gasteiger partial charge is 0.506 e. The Bertz CT molecular complexity index is 445. The Morgan fingerprint density at radius 2 is 2.32 bits per heavy atom. The molecule has 1 aromatic carbocycles. The van der Waals surface area contributed by atoms with Crippen LogP contribution >= 0.6 is 11.6 Å². The highest BCUT2D eigenvalue weighted by atomic mass is 35.5. The molecule has 0 spiro atoms. The van der Waals surface area contributed by atoms with Gasteiger partial charge in [0, 0.05) is 18.2 Å². The molecule has 104 valence electrons. The highest BCUT2D eigenvalue weighted by molar-refractivity contribution is 6.32. The minimum Gasteiger partial charge on any atom is -0.506 e. The number of amides is 1. The summed E-state index contributed by atoms with van der Waals surface area (Å²) in [4.78, 5) is 11.8. The normalized spacial score (nSPS) is 19.1. The number of anilines is 1. The monoisotopic (exact) mass is 282 g/mol. The maximum atomic E-state index is 11.8. The Hall–Kier alpha value is -1.26. The van der Waals surface area contributed by atoms with Gasteiger partial charge < -0.3 is 15.7 Å². The molecular formula is C14H19ClN2O2. The summed E-state index contributed by atoms with van der Waals surface area (Å²) >= 11 is 5.78. The molecule has 1 saturated heterocycles. The van der Waals surface area contributed by atoms with Crippen molar-refractivity contribution in [3.05, 3.63) is 23.2 Å². The molecule has 0 saturated carbocycles. The molecule has 5 heteroatoms. The number of nitrogens with one attached hydrogen (secondary N) is 2. The van der Waals surface area contributed by atoms with Gasteiger partial charge in [-0.25, -0.2) is 0 Å². The van der Waals surface area contributed by atoms with Crippen LogP contribution in [0.5, 0.6) is 5.75 Å². The van der Waals surface area contributed by atoms with E-state index in [2.05, 4.69) is 10.6 Å². The Morgan fingerprint density at radius 3 is 3.00 bits per heavy atom. The lowest BCUT2D eigenvalue weighted by Gasteiger charge is -2.23. The molecule has 1 amide bonds. The summed E-state index contributed by atoms with van der Waals surface area (Å²) in [7, 11) is 0. The van der Waals surface area contributed by atoms with Gasteiger partial charge in [0.15, 0.2) is 0 Å². The molecule has 1 aliphatic heterocycles. The van der Waals surface area contributed by atoms with E-state index in [1.165, 1.54) is 18.9 Å². The van der Waals surface area contributed by atoms with Gasteiger partial charge in [0.2, 0.25) is 5.91 Å². The van der Waals surface area contributed by atoms with Crippen LogP contribution in [-0.4, -0.2) is 23.6 Å². The fourth-order valence-electron chi connectivity index (χ4n) is 2.28. The number of hydrogen-bond acceptors (Lipinski definition) is 3. The Morgan fingerprint density at radius 1 is 1.47 bits per heavy atom. The van der Waals surface area contributed by atoms with Crippen LogP contribution in [-0.2, 0) is 4.79 Å². The number of aromatic hydroxyl groups is 1. The zero-order valence-corrected chi connectivity index (χ0v) is 11.5. The van der Waals surface area contributed by atoms with Crippen molar-refractivity contribution in [2.45, 2.75) is 38.1 Å².